The quantitative estimate of drug-likeness (QED) is 0.560. The lowest BCUT2D eigenvalue weighted by molar-refractivity contribution is -0.144. The van der Waals surface area contributed by atoms with Gasteiger partial charge in [-0.05, 0) is 38.6 Å². The van der Waals surface area contributed by atoms with Crippen LogP contribution in [0.15, 0.2) is 0 Å². The summed E-state index contributed by atoms with van der Waals surface area (Å²) in [5.41, 5.74) is 0. The Kier molecular flexibility index (Phi) is 6.94. The molecule has 0 amide bonds. The molecule has 4 nitrogen and oxygen atoms in total. The van der Waals surface area contributed by atoms with Gasteiger partial charge in [-0.15, -0.1) is 0 Å². The highest BCUT2D eigenvalue weighted by atomic mass is 16.5. The summed E-state index contributed by atoms with van der Waals surface area (Å²) in [7, 11) is 0. The van der Waals surface area contributed by atoms with Crippen LogP contribution < -0.4 is 0 Å². The Balaban J connectivity index is 2.20. The van der Waals surface area contributed by atoms with Crippen molar-refractivity contribution >= 4 is 11.8 Å². The minimum Gasteiger partial charge on any atom is -0.466 e. The van der Waals surface area contributed by atoms with E-state index < -0.39 is 0 Å². The zero-order chi connectivity index (χ0) is 13.4. The Hall–Kier alpha value is -0.900. The molecular weight excluding hydrogens is 230 g/mol. The van der Waals surface area contributed by atoms with Crippen molar-refractivity contribution in [3.8, 4) is 0 Å². The predicted octanol–water partition coefficient (Wildman–Crippen LogP) is 2.02. The molecule has 0 radical (unpaired) electrons. The number of hydrogen-bond acceptors (Lipinski definition) is 4. The molecule has 0 atom stereocenters. The number of hydrogen-bond donors (Lipinski definition) is 0. The van der Waals surface area contributed by atoms with Gasteiger partial charge in [0, 0.05) is 13.0 Å². The summed E-state index contributed by atoms with van der Waals surface area (Å²) in [6.07, 6.45) is 4.20. The van der Waals surface area contributed by atoms with Gasteiger partial charge in [-0.25, -0.2) is 0 Å². The van der Waals surface area contributed by atoms with Crippen molar-refractivity contribution in [3.63, 3.8) is 0 Å². The Morgan fingerprint density at radius 3 is 2.50 bits per heavy atom. The first-order valence-corrected chi connectivity index (χ1v) is 7.05. The summed E-state index contributed by atoms with van der Waals surface area (Å²) in [4.78, 5) is 25.2. The number of nitrogens with zero attached hydrogens (tertiary/aromatic N) is 1. The highest BCUT2D eigenvalue weighted by molar-refractivity contribution is 5.84. The van der Waals surface area contributed by atoms with E-state index in [4.69, 9.17) is 4.74 Å². The summed E-state index contributed by atoms with van der Waals surface area (Å²) in [5, 5.41) is 0. The number of carbonyl (C=O) groups excluding carboxylic acids is 2. The molecule has 1 saturated carbocycles. The molecule has 0 aromatic heterocycles. The van der Waals surface area contributed by atoms with E-state index in [1.807, 2.05) is 0 Å². The Morgan fingerprint density at radius 1 is 1.22 bits per heavy atom. The van der Waals surface area contributed by atoms with Gasteiger partial charge >= 0.3 is 5.97 Å². The number of rotatable bonds is 10. The zero-order valence-electron chi connectivity index (χ0n) is 11.6. The Labute approximate surface area is 110 Å². The van der Waals surface area contributed by atoms with Crippen LogP contribution in [0.5, 0.6) is 0 Å². The number of Topliss-reactive ketones (excluding diaryl/α,β-unsaturated/α-hetero) is 1. The normalized spacial score (nSPS) is 14.8. The molecule has 0 aromatic carbocycles. The molecular formula is C14H25NO3. The molecule has 18 heavy (non-hydrogen) atoms. The van der Waals surface area contributed by atoms with Crippen molar-refractivity contribution in [2.45, 2.75) is 46.0 Å². The van der Waals surface area contributed by atoms with Crippen molar-refractivity contribution in [2.75, 3.05) is 26.2 Å². The van der Waals surface area contributed by atoms with Crippen LogP contribution >= 0.6 is 0 Å². The van der Waals surface area contributed by atoms with Gasteiger partial charge in [0.15, 0.2) is 0 Å². The van der Waals surface area contributed by atoms with Gasteiger partial charge in [-0.1, -0.05) is 6.92 Å². The van der Waals surface area contributed by atoms with Crippen LogP contribution in [0, 0.1) is 5.92 Å². The minimum absolute atomic E-state index is 0.150. The van der Waals surface area contributed by atoms with Crippen LogP contribution in [0.3, 0.4) is 0 Å². The van der Waals surface area contributed by atoms with Gasteiger partial charge in [-0.3, -0.25) is 14.5 Å². The van der Waals surface area contributed by atoms with E-state index in [0.717, 1.165) is 25.4 Å². The second kappa shape index (κ2) is 8.25. The van der Waals surface area contributed by atoms with E-state index in [1.165, 1.54) is 12.8 Å². The fourth-order valence-corrected chi connectivity index (χ4v) is 2.02. The third-order valence-electron chi connectivity index (χ3n) is 3.07. The molecule has 1 rings (SSSR count). The van der Waals surface area contributed by atoms with E-state index in [0.29, 0.717) is 19.6 Å². The molecule has 0 N–H and O–H groups in total. The third kappa shape index (κ3) is 6.74. The minimum atomic E-state index is -0.268. The second-order valence-corrected chi connectivity index (χ2v) is 5.02. The van der Waals surface area contributed by atoms with Gasteiger partial charge in [0.1, 0.15) is 5.78 Å². The molecule has 0 aromatic rings. The lowest BCUT2D eigenvalue weighted by atomic mass is 10.2. The van der Waals surface area contributed by atoms with Gasteiger partial charge in [-0.2, -0.15) is 0 Å². The topological polar surface area (TPSA) is 46.6 Å². The van der Waals surface area contributed by atoms with E-state index in [1.54, 1.807) is 6.92 Å². The lowest BCUT2D eigenvalue weighted by Gasteiger charge is -2.20. The maximum Gasteiger partial charge on any atom is 0.306 e. The van der Waals surface area contributed by atoms with E-state index in [-0.39, 0.29) is 18.2 Å². The highest BCUT2D eigenvalue weighted by Crippen LogP contribution is 2.29. The standard InChI is InChI=1S/C14H25NO3/c1-3-9-15(10-12-5-6-12)11-13(16)7-8-14(17)18-4-2/h12H,3-11H2,1-2H3. The summed E-state index contributed by atoms with van der Waals surface area (Å²) < 4.78 is 4.81. The van der Waals surface area contributed by atoms with E-state index in [2.05, 4.69) is 11.8 Å². The van der Waals surface area contributed by atoms with Crippen LogP contribution in [0.4, 0.5) is 0 Å². The summed E-state index contributed by atoms with van der Waals surface area (Å²) in [6, 6.07) is 0. The molecule has 1 aliphatic rings. The predicted molar refractivity (Wildman–Crippen MR) is 70.3 cm³/mol. The van der Waals surface area contributed by atoms with Crippen LogP contribution in [0.1, 0.15) is 46.0 Å². The van der Waals surface area contributed by atoms with Crippen molar-refractivity contribution in [1.82, 2.24) is 4.90 Å². The first kappa shape index (κ1) is 15.2. The van der Waals surface area contributed by atoms with Crippen LogP contribution in [0.25, 0.3) is 0 Å². The number of esters is 1. The maximum atomic E-state index is 11.8. The van der Waals surface area contributed by atoms with Gasteiger partial charge < -0.3 is 4.74 Å². The van der Waals surface area contributed by atoms with Crippen molar-refractivity contribution in [1.29, 1.82) is 0 Å². The molecule has 0 bridgehead atoms. The Morgan fingerprint density at radius 2 is 1.94 bits per heavy atom. The van der Waals surface area contributed by atoms with Crippen molar-refractivity contribution in [3.05, 3.63) is 0 Å². The average molecular weight is 255 g/mol. The fraction of sp³-hybridized carbons (Fsp3) is 0.857. The molecule has 0 saturated heterocycles. The number of carbonyl (C=O) groups is 2. The van der Waals surface area contributed by atoms with Crippen LogP contribution in [-0.4, -0.2) is 42.9 Å². The highest BCUT2D eigenvalue weighted by Gasteiger charge is 2.24. The third-order valence-corrected chi connectivity index (χ3v) is 3.07. The molecule has 4 heteroatoms. The molecule has 0 spiro atoms. The van der Waals surface area contributed by atoms with E-state index >= 15 is 0 Å². The van der Waals surface area contributed by atoms with Gasteiger partial charge in [0.25, 0.3) is 0 Å². The second-order valence-electron chi connectivity index (χ2n) is 5.02. The Bertz CT molecular complexity index is 274. The fourth-order valence-electron chi connectivity index (χ4n) is 2.02. The molecule has 0 aliphatic heterocycles. The SMILES string of the molecule is CCCN(CC(=O)CCC(=O)OCC)CC1CC1. The molecule has 104 valence electrons. The molecule has 1 fully saturated rings. The monoisotopic (exact) mass is 255 g/mol. The summed E-state index contributed by atoms with van der Waals surface area (Å²) in [6.45, 7) is 6.79. The molecule has 0 unspecified atom stereocenters. The summed E-state index contributed by atoms with van der Waals surface area (Å²) in [5.74, 6) is 0.682. The van der Waals surface area contributed by atoms with Crippen molar-refractivity contribution < 1.29 is 14.3 Å². The molecule has 1 aliphatic carbocycles. The zero-order valence-corrected chi connectivity index (χ0v) is 11.6. The van der Waals surface area contributed by atoms with E-state index in [9.17, 15) is 9.59 Å². The number of ether oxygens (including phenoxy) is 1. The maximum absolute atomic E-state index is 11.8. The van der Waals surface area contributed by atoms with Crippen LogP contribution in [0.2, 0.25) is 0 Å². The van der Waals surface area contributed by atoms with Crippen LogP contribution in [-0.2, 0) is 14.3 Å². The lowest BCUT2D eigenvalue weighted by Crippen LogP contribution is -2.32. The van der Waals surface area contributed by atoms with Gasteiger partial charge in [0.2, 0.25) is 0 Å². The first-order valence-electron chi connectivity index (χ1n) is 7.05. The van der Waals surface area contributed by atoms with Crippen molar-refractivity contribution in [2.24, 2.45) is 5.92 Å². The van der Waals surface area contributed by atoms with Gasteiger partial charge in [0.05, 0.1) is 19.6 Å². The largest absolute Gasteiger partial charge is 0.466 e. The first-order chi connectivity index (χ1) is 8.65. The average Bonchev–Trinajstić information content (AvgIpc) is 3.11. The molecule has 0 heterocycles. The number of ketones is 1. The smallest absolute Gasteiger partial charge is 0.306 e. The summed E-state index contributed by atoms with van der Waals surface area (Å²) >= 11 is 0.